The maximum absolute atomic E-state index is 13.3. The lowest BCUT2D eigenvalue weighted by molar-refractivity contribution is -0.124. The lowest BCUT2D eigenvalue weighted by Crippen LogP contribution is -2.50. The molecule has 0 aliphatic carbocycles. The van der Waals surface area contributed by atoms with Crippen LogP contribution < -0.4 is 5.32 Å². The van der Waals surface area contributed by atoms with E-state index in [0.29, 0.717) is 6.54 Å². The molecule has 25 heavy (non-hydrogen) atoms. The van der Waals surface area contributed by atoms with Crippen LogP contribution in [0, 0.1) is 0 Å². The standard InChI is InChI=1S/C21H15Br2NO/c22-17-9-5-15(6-10-17)21(16-7-11-18(23)12-8-16)19-4-2-1-3-14(19)13-24-20(21)25/h1-12H,13H2,(H,24,25). The molecule has 0 unspecified atom stereocenters. The molecule has 2 nitrogen and oxygen atoms in total. The van der Waals surface area contributed by atoms with E-state index in [1.807, 2.05) is 60.7 Å². The Morgan fingerprint density at radius 2 is 1.28 bits per heavy atom. The van der Waals surface area contributed by atoms with Gasteiger partial charge in [-0.3, -0.25) is 4.79 Å². The van der Waals surface area contributed by atoms with Crippen molar-refractivity contribution in [3.63, 3.8) is 0 Å². The number of amides is 1. The third-order valence-electron chi connectivity index (χ3n) is 4.76. The van der Waals surface area contributed by atoms with E-state index >= 15 is 0 Å². The normalized spacial score (nSPS) is 15.4. The van der Waals surface area contributed by atoms with E-state index in [1.54, 1.807) is 0 Å². The Labute approximate surface area is 163 Å². The Morgan fingerprint density at radius 3 is 1.84 bits per heavy atom. The van der Waals surface area contributed by atoms with Gasteiger partial charge in [-0.25, -0.2) is 0 Å². The zero-order chi connectivity index (χ0) is 17.4. The first-order valence-electron chi connectivity index (χ1n) is 8.01. The summed E-state index contributed by atoms with van der Waals surface area (Å²) >= 11 is 6.99. The molecule has 0 radical (unpaired) electrons. The smallest absolute Gasteiger partial charge is 0.239 e. The minimum Gasteiger partial charge on any atom is -0.351 e. The third kappa shape index (κ3) is 2.64. The largest absolute Gasteiger partial charge is 0.351 e. The predicted octanol–water partition coefficient (Wildman–Crippen LogP) is 5.18. The molecule has 3 aromatic carbocycles. The van der Waals surface area contributed by atoms with Crippen LogP contribution >= 0.6 is 31.9 Å². The Kier molecular flexibility index (Phi) is 4.26. The second kappa shape index (κ2) is 6.43. The van der Waals surface area contributed by atoms with Gasteiger partial charge in [0.2, 0.25) is 5.91 Å². The molecule has 0 saturated heterocycles. The van der Waals surface area contributed by atoms with Gasteiger partial charge in [0.1, 0.15) is 5.41 Å². The summed E-state index contributed by atoms with van der Waals surface area (Å²) in [6.07, 6.45) is 0. The quantitative estimate of drug-likeness (QED) is 0.565. The molecule has 0 bridgehead atoms. The molecule has 4 heteroatoms. The van der Waals surface area contributed by atoms with Crippen LogP contribution in [0.25, 0.3) is 0 Å². The Hall–Kier alpha value is -1.91. The number of carbonyl (C=O) groups excluding carboxylic acids is 1. The van der Waals surface area contributed by atoms with Crippen LogP contribution in [0.3, 0.4) is 0 Å². The Balaban J connectivity index is 2.08. The highest BCUT2D eigenvalue weighted by Gasteiger charge is 2.47. The SMILES string of the molecule is O=C1NCc2ccccc2C1(c1ccc(Br)cc1)c1ccc(Br)cc1. The van der Waals surface area contributed by atoms with Gasteiger partial charge in [-0.2, -0.15) is 0 Å². The molecule has 1 N–H and O–H groups in total. The number of carbonyl (C=O) groups is 1. The minimum absolute atomic E-state index is 0.0100. The van der Waals surface area contributed by atoms with Crippen molar-refractivity contribution in [3.05, 3.63) is 104 Å². The number of nitrogens with one attached hydrogen (secondary N) is 1. The van der Waals surface area contributed by atoms with E-state index in [9.17, 15) is 4.79 Å². The van der Waals surface area contributed by atoms with Crippen molar-refractivity contribution in [2.75, 3.05) is 0 Å². The van der Waals surface area contributed by atoms with Gasteiger partial charge in [-0.1, -0.05) is 80.4 Å². The molecule has 0 fully saturated rings. The summed E-state index contributed by atoms with van der Waals surface area (Å²) in [7, 11) is 0. The molecule has 124 valence electrons. The number of hydrogen-bond acceptors (Lipinski definition) is 1. The van der Waals surface area contributed by atoms with E-state index < -0.39 is 5.41 Å². The lowest BCUT2D eigenvalue weighted by atomic mass is 9.66. The van der Waals surface area contributed by atoms with Gasteiger partial charge >= 0.3 is 0 Å². The average molecular weight is 457 g/mol. The molecule has 0 saturated carbocycles. The number of rotatable bonds is 2. The first-order chi connectivity index (χ1) is 12.1. The highest BCUT2D eigenvalue weighted by Crippen LogP contribution is 2.43. The summed E-state index contributed by atoms with van der Waals surface area (Å²) < 4.78 is 1.98. The zero-order valence-corrected chi connectivity index (χ0v) is 16.5. The van der Waals surface area contributed by atoms with Gasteiger partial charge in [0.05, 0.1) is 0 Å². The molecule has 1 heterocycles. The number of benzene rings is 3. The molecule has 1 amide bonds. The van der Waals surface area contributed by atoms with Gasteiger partial charge in [0.25, 0.3) is 0 Å². The average Bonchev–Trinajstić information content (AvgIpc) is 2.64. The molecule has 4 rings (SSSR count). The van der Waals surface area contributed by atoms with Crippen molar-refractivity contribution < 1.29 is 4.79 Å². The van der Waals surface area contributed by atoms with Crippen LogP contribution in [0.5, 0.6) is 0 Å². The summed E-state index contributed by atoms with van der Waals surface area (Å²) in [5, 5.41) is 3.09. The Morgan fingerprint density at radius 1 is 0.760 bits per heavy atom. The Bertz CT molecular complexity index is 887. The van der Waals surface area contributed by atoms with Crippen molar-refractivity contribution in [2.45, 2.75) is 12.0 Å². The van der Waals surface area contributed by atoms with Crippen LogP contribution in [0.15, 0.2) is 81.7 Å². The molecule has 0 atom stereocenters. The van der Waals surface area contributed by atoms with Gasteiger partial charge in [-0.05, 0) is 46.5 Å². The second-order valence-electron chi connectivity index (χ2n) is 6.10. The van der Waals surface area contributed by atoms with Crippen molar-refractivity contribution in [2.24, 2.45) is 0 Å². The summed E-state index contributed by atoms with van der Waals surface area (Å²) in [5.41, 5.74) is 3.26. The third-order valence-corrected chi connectivity index (χ3v) is 5.81. The van der Waals surface area contributed by atoms with Crippen molar-refractivity contribution in [1.29, 1.82) is 0 Å². The number of hydrogen-bond donors (Lipinski definition) is 1. The molecular weight excluding hydrogens is 442 g/mol. The lowest BCUT2D eigenvalue weighted by Gasteiger charge is -2.39. The van der Waals surface area contributed by atoms with Crippen LogP contribution in [-0.4, -0.2) is 5.91 Å². The highest BCUT2D eigenvalue weighted by molar-refractivity contribution is 9.10. The fourth-order valence-electron chi connectivity index (χ4n) is 3.61. The maximum Gasteiger partial charge on any atom is 0.239 e. The molecule has 3 aromatic rings. The van der Waals surface area contributed by atoms with Crippen molar-refractivity contribution in [3.8, 4) is 0 Å². The van der Waals surface area contributed by atoms with Crippen LogP contribution in [0.4, 0.5) is 0 Å². The maximum atomic E-state index is 13.3. The van der Waals surface area contributed by atoms with E-state index in [4.69, 9.17) is 0 Å². The van der Waals surface area contributed by atoms with Gasteiger partial charge < -0.3 is 5.32 Å². The zero-order valence-electron chi connectivity index (χ0n) is 13.3. The number of halogens is 2. The summed E-state index contributed by atoms with van der Waals surface area (Å²) in [6.45, 7) is 0.559. The first-order valence-corrected chi connectivity index (χ1v) is 9.60. The fourth-order valence-corrected chi connectivity index (χ4v) is 4.14. The number of fused-ring (bicyclic) bond motifs is 1. The van der Waals surface area contributed by atoms with Gasteiger partial charge in [0.15, 0.2) is 0 Å². The molecule has 1 aliphatic rings. The van der Waals surface area contributed by atoms with E-state index in [0.717, 1.165) is 31.2 Å². The minimum atomic E-state index is -0.851. The van der Waals surface area contributed by atoms with Crippen LogP contribution in [-0.2, 0) is 16.8 Å². The van der Waals surface area contributed by atoms with Crippen LogP contribution in [0.1, 0.15) is 22.3 Å². The van der Waals surface area contributed by atoms with Crippen LogP contribution in [0.2, 0.25) is 0 Å². The summed E-state index contributed by atoms with van der Waals surface area (Å²) in [4.78, 5) is 13.3. The van der Waals surface area contributed by atoms with E-state index in [2.05, 4.69) is 49.3 Å². The molecular formula is C21H15Br2NO. The molecule has 0 spiro atoms. The summed E-state index contributed by atoms with van der Waals surface area (Å²) in [5.74, 6) is 0.0100. The topological polar surface area (TPSA) is 29.1 Å². The molecule has 0 aromatic heterocycles. The van der Waals surface area contributed by atoms with E-state index in [-0.39, 0.29) is 5.91 Å². The first kappa shape index (κ1) is 16.6. The fraction of sp³-hybridized carbons (Fsp3) is 0.0952. The second-order valence-corrected chi connectivity index (χ2v) is 7.93. The van der Waals surface area contributed by atoms with Gasteiger partial charge in [-0.15, -0.1) is 0 Å². The van der Waals surface area contributed by atoms with Gasteiger partial charge in [0, 0.05) is 15.5 Å². The highest BCUT2D eigenvalue weighted by atomic mass is 79.9. The monoisotopic (exact) mass is 455 g/mol. The van der Waals surface area contributed by atoms with Crippen molar-refractivity contribution in [1.82, 2.24) is 5.32 Å². The summed E-state index contributed by atoms with van der Waals surface area (Å²) in [6, 6.07) is 24.2. The van der Waals surface area contributed by atoms with E-state index in [1.165, 1.54) is 0 Å². The molecule has 1 aliphatic heterocycles. The predicted molar refractivity (Wildman–Crippen MR) is 106 cm³/mol. The van der Waals surface area contributed by atoms with Crippen molar-refractivity contribution >= 4 is 37.8 Å².